The Bertz CT molecular complexity index is 1420. The van der Waals surface area contributed by atoms with Crippen LogP contribution in [-0.2, 0) is 9.84 Å². The molecule has 8 heteroatoms. The zero-order valence-electron chi connectivity index (χ0n) is 22.5. The summed E-state index contributed by atoms with van der Waals surface area (Å²) in [5, 5.41) is 4.41. The number of carbonyl (C=O) groups excluding carboxylic acids is 1. The van der Waals surface area contributed by atoms with Crippen molar-refractivity contribution in [2.75, 3.05) is 25.9 Å². The Kier molecular flexibility index (Phi) is 9.01. The molecule has 0 spiro atoms. The third-order valence-electron chi connectivity index (χ3n) is 8.01. The van der Waals surface area contributed by atoms with Crippen LogP contribution >= 0.6 is 23.2 Å². The topological polar surface area (TPSA) is 66.5 Å². The summed E-state index contributed by atoms with van der Waals surface area (Å²) in [6.45, 7) is 1.73. The molecule has 5 nitrogen and oxygen atoms in total. The molecule has 3 aromatic carbocycles. The maximum absolute atomic E-state index is 13.1. The van der Waals surface area contributed by atoms with E-state index in [4.69, 9.17) is 23.2 Å². The summed E-state index contributed by atoms with van der Waals surface area (Å²) < 4.78 is 26.3. The lowest BCUT2D eigenvalue weighted by Gasteiger charge is -2.43. The highest BCUT2D eigenvalue weighted by Crippen LogP contribution is 2.42. The molecule has 210 valence electrons. The fourth-order valence-electron chi connectivity index (χ4n) is 6.18. The smallest absolute Gasteiger partial charge is 0.251 e. The van der Waals surface area contributed by atoms with Crippen LogP contribution in [0.1, 0.15) is 53.2 Å². The average molecular weight is 598 g/mol. The van der Waals surface area contributed by atoms with Gasteiger partial charge in [-0.15, -0.1) is 0 Å². The molecule has 1 amide bonds. The van der Waals surface area contributed by atoms with E-state index < -0.39 is 9.84 Å². The summed E-state index contributed by atoms with van der Waals surface area (Å²) in [6.07, 6.45) is 4.89. The number of halogens is 2. The largest absolute Gasteiger partial charge is 0.352 e. The van der Waals surface area contributed by atoms with Crippen LogP contribution in [0.2, 0.25) is 10.0 Å². The van der Waals surface area contributed by atoms with Crippen LogP contribution in [-0.4, -0.2) is 45.1 Å². The summed E-state index contributed by atoms with van der Waals surface area (Å²) >= 11 is 12.3. The number of hydrogen-bond acceptors (Lipinski definition) is 4. The van der Waals surface area contributed by atoms with E-state index in [1.807, 2.05) is 66.7 Å². The quantitative estimate of drug-likeness (QED) is 0.306. The number of amides is 1. The first-order chi connectivity index (χ1) is 19.2. The minimum Gasteiger partial charge on any atom is -0.352 e. The molecule has 0 aromatic heterocycles. The molecule has 1 saturated heterocycles. The van der Waals surface area contributed by atoms with Crippen molar-refractivity contribution in [2.45, 2.75) is 31.7 Å². The summed E-state index contributed by atoms with van der Waals surface area (Å²) in [5.74, 6) is 0.134. The van der Waals surface area contributed by atoms with E-state index in [2.05, 4.69) is 10.2 Å². The minimum absolute atomic E-state index is 0.0240. The Morgan fingerprint density at radius 1 is 0.900 bits per heavy atom. The van der Waals surface area contributed by atoms with Gasteiger partial charge in [0.25, 0.3) is 5.91 Å². The molecule has 2 unspecified atom stereocenters. The molecule has 3 aromatic rings. The van der Waals surface area contributed by atoms with Crippen molar-refractivity contribution in [1.29, 1.82) is 0 Å². The van der Waals surface area contributed by atoms with Gasteiger partial charge in [-0.1, -0.05) is 72.1 Å². The number of nitrogens with zero attached hydrogens (tertiary/aromatic N) is 1. The molecule has 1 aliphatic carbocycles. The highest BCUT2D eigenvalue weighted by molar-refractivity contribution is 7.94. The maximum atomic E-state index is 13.1. The molecule has 1 aliphatic heterocycles. The average Bonchev–Trinajstić information content (AvgIpc) is 2.92. The van der Waals surface area contributed by atoms with Crippen molar-refractivity contribution in [2.24, 2.45) is 11.8 Å². The van der Waals surface area contributed by atoms with Gasteiger partial charge in [0, 0.05) is 46.4 Å². The fraction of sp³-hybridized carbons (Fsp3) is 0.344. The summed E-state index contributed by atoms with van der Waals surface area (Å²) in [4.78, 5) is 15.5. The van der Waals surface area contributed by atoms with Crippen LogP contribution in [0.5, 0.6) is 0 Å². The van der Waals surface area contributed by atoms with Gasteiger partial charge in [-0.3, -0.25) is 9.69 Å². The zero-order valence-corrected chi connectivity index (χ0v) is 24.9. The number of allylic oxidation sites excluding steroid dienone is 1. The number of nitrogens with one attached hydrogen (secondary N) is 1. The number of hydrogen-bond donors (Lipinski definition) is 1. The SMILES string of the molecule is CS(=O)(=O)C(=C1CN(C(c2ccc(Cl)cc2)c2ccc(Cl)cc2)C1)C1CCCC(CNC(=O)c2ccccc2)C1. The predicted octanol–water partition coefficient (Wildman–Crippen LogP) is 6.93. The molecular weight excluding hydrogens is 563 g/mol. The van der Waals surface area contributed by atoms with Crippen molar-refractivity contribution < 1.29 is 13.2 Å². The normalized spacial score (nSPS) is 19.8. The lowest BCUT2D eigenvalue weighted by molar-refractivity contribution is 0.0941. The van der Waals surface area contributed by atoms with Gasteiger partial charge in [0.1, 0.15) is 0 Å². The summed E-state index contributed by atoms with van der Waals surface area (Å²) in [7, 11) is -3.38. The van der Waals surface area contributed by atoms with Crippen LogP contribution in [0, 0.1) is 11.8 Å². The maximum Gasteiger partial charge on any atom is 0.251 e. The van der Waals surface area contributed by atoms with Gasteiger partial charge in [-0.2, -0.15) is 0 Å². The molecule has 2 atom stereocenters. The number of benzene rings is 3. The van der Waals surface area contributed by atoms with E-state index in [9.17, 15) is 13.2 Å². The number of sulfone groups is 1. The molecular formula is C32H34Cl2N2O3S. The highest BCUT2D eigenvalue weighted by Gasteiger charge is 2.38. The standard InChI is InChI=1S/C32H34Cl2N2O3S/c1-40(38,39)31(26-9-5-6-22(18-26)19-35-32(37)25-7-3-2-4-8-25)27-20-36(21-27)30(23-10-14-28(33)15-11-23)24-12-16-29(34)17-13-24/h2-4,7-8,10-17,22,26,30H,5-6,9,18-21H2,1H3,(H,35,37). The van der Waals surface area contributed by atoms with Crippen molar-refractivity contribution in [3.63, 3.8) is 0 Å². The zero-order chi connectivity index (χ0) is 28.3. The molecule has 2 aliphatic rings. The first-order valence-electron chi connectivity index (χ1n) is 13.7. The Hall–Kier alpha value is -2.64. The van der Waals surface area contributed by atoms with E-state index in [0.717, 1.165) is 42.4 Å². The number of carbonyl (C=O) groups is 1. The van der Waals surface area contributed by atoms with Gasteiger partial charge in [-0.05, 0) is 84.2 Å². The van der Waals surface area contributed by atoms with Gasteiger partial charge >= 0.3 is 0 Å². The summed E-state index contributed by atoms with van der Waals surface area (Å²) in [5.41, 5.74) is 3.82. The van der Waals surface area contributed by atoms with Crippen LogP contribution in [0.25, 0.3) is 0 Å². The van der Waals surface area contributed by atoms with Gasteiger partial charge < -0.3 is 5.32 Å². The molecule has 5 rings (SSSR count). The van der Waals surface area contributed by atoms with Gasteiger partial charge in [-0.25, -0.2) is 8.42 Å². The molecule has 40 heavy (non-hydrogen) atoms. The number of rotatable bonds is 8. The third kappa shape index (κ3) is 6.80. The van der Waals surface area contributed by atoms with E-state index in [-0.39, 0.29) is 23.8 Å². The van der Waals surface area contributed by atoms with Gasteiger partial charge in [0.15, 0.2) is 9.84 Å². The van der Waals surface area contributed by atoms with Crippen LogP contribution < -0.4 is 5.32 Å². The summed E-state index contributed by atoms with van der Waals surface area (Å²) in [6, 6.07) is 24.8. The van der Waals surface area contributed by atoms with Crippen LogP contribution in [0.15, 0.2) is 89.3 Å². The first-order valence-corrected chi connectivity index (χ1v) is 16.3. The van der Waals surface area contributed by atoms with Crippen LogP contribution in [0.3, 0.4) is 0 Å². The Morgan fingerprint density at radius 3 is 2.02 bits per heavy atom. The monoisotopic (exact) mass is 596 g/mol. The molecule has 1 saturated carbocycles. The molecule has 1 N–H and O–H groups in total. The molecule has 1 heterocycles. The lowest BCUT2D eigenvalue weighted by Crippen LogP contribution is -2.45. The number of likely N-dealkylation sites (tertiary alicyclic amines) is 1. The first kappa shape index (κ1) is 28.9. The Morgan fingerprint density at radius 2 is 1.48 bits per heavy atom. The van der Waals surface area contributed by atoms with E-state index >= 15 is 0 Å². The van der Waals surface area contributed by atoms with Crippen molar-refractivity contribution >= 4 is 38.9 Å². The molecule has 0 radical (unpaired) electrons. The van der Waals surface area contributed by atoms with Crippen molar-refractivity contribution in [3.8, 4) is 0 Å². The van der Waals surface area contributed by atoms with E-state index in [0.29, 0.717) is 40.1 Å². The molecule has 2 fully saturated rings. The Balaban J connectivity index is 1.33. The minimum atomic E-state index is -3.38. The highest BCUT2D eigenvalue weighted by atomic mass is 35.5. The van der Waals surface area contributed by atoms with Crippen molar-refractivity contribution in [3.05, 3.63) is 116 Å². The van der Waals surface area contributed by atoms with E-state index in [1.165, 1.54) is 6.26 Å². The predicted molar refractivity (Wildman–Crippen MR) is 162 cm³/mol. The fourth-order valence-corrected chi connectivity index (χ4v) is 7.91. The van der Waals surface area contributed by atoms with Crippen molar-refractivity contribution in [1.82, 2.24) is 10.2 Å². The second-order valence-corrected chi connectivity index (χ2v) is 13.8. The van der Waals surface area contributed by atoms with Gasteiger partial charge in [0.05, 0.1) is 6.04 Å². The molecule has 0 bridgehead atoms. The van der Waals surface area contributed by atoms with E-state index in [1.54, 1.807) is 12.1 Å². The second kappa shape index (κ2) is 12.5. The second-order valence-electron chi connectivity index (χ2n) is 11.0. The van der Waals surface area contributed by atoms with Crippen LogP contribution in [0.4, 0.5) is 0 Å². The van der Waals surface area contributed by atoms with Gasteiger partial charge in [0.2, 0.25) is 0 Å². The third-order valence-corrected chi connectivity index (χ3v) is 9.94. The lowest BCUT2D eigenvalue weighted by atomic mass is 9.79. The Labute approximate surface area is 247 Å².